The van der Waals surface area contributed by atoms with Crippen molar-refractivity contribution in [2.45, 2.75) is 0 Å². The fourth-order valence-electron chi connectivity index (χ4n) is 1.67. The highest BCUT2D eigenvalue weighted by Gasteiger charge is 2.12. The van der Waals surface area contributed by atoms with Crippen molar-refractivity contribution in [1.82, 2.24) is 9.97 Å². The van der Waals surface area contributed by atoms with E-state index < -0.39 is 0 Å². The molecule has 0 aliphatic carbocycles. The van der Waals surface area contributed by atoms with E-state index in [-0.39, 0.29) is 11.6 Å². The molecule has 0 aliphatic heterocycles. The summed E-state index contributed by atoms with van der Waals surface area (Å²) in [5.41, 5.74) is 0.709. The smallest absolute Gasteiger partial charge is 0.275 e. The van der Waals surface area contributed by atoms with Gasteiger partial charge in [-0.05, 0) is 12.1 Å². The molecule has 1 aromatic carbocycles. The molecule has 0 atom stereocenters. The first kappa shape index (κ1) is 14.6. The molecule has 1 heterocycles. The lowest BCUT2D eigenvalue weighted by atomic mass is 10.2. The molecule has 2 rings (SSSR count). The maximum Gasteiger partial charge on any atom is 0.275 e. The number of hydrogen-bond acceptors (Lipinski definition) is 6. The Labute approximate surface area is 122 Å². The van der Waals surface area contributed by atoms with Crippen molar-refractivity contribution in [1.29, 1.82) is 0 Å². The lowest BCUT2D eigenvalue weighted by molar-refractivity contribution is 0.102. The van der Waals surface area contributed by atoms with Gasteiger partial charge in [0.25, 0.3) is 5.91 Å². The molecule has 7 heteroatoms. The van der Waals surface area contributed by atoms with Crippen LogP contribution in [-0.4, -0.2) is 37.1 Å². The van der Waals surface area contributed by atoms with E-state index in [0.29, 0.717) is 23.0 Å². The van der Waals surface area contributed by atoms with Crippen LogP contribution in [-0.2, 0) is 0 Å². The average Bonchev–Trinajstić information content (AvgIpc) is 2.54. The number of nitrogens with one attached hydrogen (secondary N) is 2. The van der Waals surface area contributed by atoms with Crippen LogP contribution in [0.3, 0.4) is 0 Å². The quantitative estimate of drug-likeness (QED) is 0.872. The van der Waals surface area contributed by atoms with Crippen LogP contribution < -0.4 is 20.1 Å². The number of nitrogens with zero attached hydrogens (tertiary/aromatic N) is 2. The molecule has 0 bridgehead atoms. The summed E-state index contributed by atoms with van der Waals surface area (Å²) in [5, 5.41) is 5.56. The summed E-state index contributed by atoms with van der Waals surface area (Å²) in [5.74, 6) is 1.36. The molecule has 21 heavy (non-hydrogen) atoms. The predicted octanol–water partition coefficient (Wildman–Crippen LogP) is 1.79. The first-order chi connectivity index (χ1) is 10.2. The van der Waals surface area contributed by atoms with Gasteiger partial charge in [-0.1, -0.05) is 0 Å². The van der Waals surface area contributed by atoms with Crippen LogP contribution in [0.25, 0.3) is 0 Å². The first-order valence-corrected chi connectivity index (χ1v) is 6.21. The number of hydrogen-bond donors (Lipinski definition) is 2. The molecule has 0 spiro atoms. The number of methoxy groups -OCH3 is 2. The zero-order chi connectivity index (χ0) is 15.2. The number of rotatable bonds is 5. The number of benzene rings is 1. The van der Waals surface area contributed by atoms with Gasteiger partial charge in [0.2, 0.25) is 0 Å². The minimum Gasteiger partial charge on any atom is -0.497 e. The number of carbonyl (C=O) groups is 1. The molecule has 0 saturated carbocycles. The molecule has 7 nitrogen and oxygen atoms in total. The van der Waals surface area contributed by atoms with E-state index in [9.17, 15) is 4.79 Å². The van der Waals surface area contributed by atoms with Gasteiger partial charge < -0.3 is 20.1 Å². The van der Waals surface area contributed by atoms with Crippen molar-refractivity contribution in [2.75, 3.05) is 31.9 Å². The second kappa shape index (κ2) is 6.56. The lowest BCUT2D eigenvalue weighted by Gasteiger charge is -2.11. The van der Waals surface area contributed by atoms with Crippen molar-refractivity contribution in [3.05, 3.63) is 36.3 Å². The maximum absolute atomic E-state index is 12.2. The third-order valence-corrected chi connectivity index (χ3v) is 2.80. The van der Waals surface area contributed by atoms with Gasteiger partial charge in [0.1, 0.15) is 23.0 Å². The third-order valence-electron chi connectivity index (χ3n) is 2.80. The van der Waals surface area contributed by atoms with E-state index in [1.165, 1.54) is 19.5 Å². The van der Waals surface area contributed by atoms with E-state index in [1.807, 2.05) is 0 Å². The molecular formula is C14H16N4O3. The average molecular weight is 288 g/mol. The van der Waals surface area contributed by atoms with Crippen molar-refractivity contribution in [3.63, 3.8) is 0 Å². The second-order valence-electron chi connectivity index (χ2n) is 4.06. The molecule has 1 amide bonds. The van der Waals surface area contributed by atoms with Crippen molar-refractivity contribution >= 4 is 17.4 Å². The summed E-state index contributed by atoms with van der Waals surface area (Å²) < 4.78 is 10.3. The lowest BCUT2D eigenvalue weighted by Crippen LogP contribution is -2.15. The Bertz CT molecular complexity index is 629. The van der Waals surface area contributed by atoms with Gasteiger partial charge in [0, 0.05) is 13.1 Å². The summed E-state index contributed by atoms with van der Waals surface area (Å²) in [6.45, 7) is 0. The Hall–Kier alpha value is -2.83. The molecule has 110 valence electrons. The molecular weight excluding hydrogens is 272 g/mol. The topological polar surface area (TPSA) is 85.4 Å². The predicted molar refractivity (Wildman–Crippen MR) is 79.1 cm³/mol. The monoisotopic (exact) mass is 288 g/mol. The summed E-state index contributed by atoms with van der Waals surface area (Å²) in [7, 11) is 4.80. The minimum absolute atomic E-state index is 0.207. The maximum atomic E-state index is 12.2. The first-order valence-electron chi connectivity index (χ1n) is 6.21. The number of aromatic nitrogens is 2. The zero-order valence-corrected chi connectivity index (χ0v) is 12.0. The van der Waals surface area contributed by atoms with Crippen molar-refractivity contribution in [3.8, 4) is 11.5 Å². The van der Waals surface area contributed by atoms with Crippen LogP contribution >= 0.6 is 0 Å². The van der Waals surface area contributed by atoms with Gasteiger partial charge in [-0.3, -0.25) is 4.79 Å². The molecule has 0 saturated heterocycles. The van der Waals surface area contributed by atoms with Gasteiger partial charge in [0.05, 0.1) is 32.3 Å². The Morgan fingerprint density at radius 2 is 1.95 bits per heavy atom. The largest absolute Gasteiger partial charge is 0.497 e. The SMILES string of the molecule is CNc1cnc(C(=O)Nc2cc(OC)ccc2OC)cn1. The van der Waals surface area contributed by atoms with E-state index >= 15 is 0 Å². The Balaban J connectivity index is 2.21. The van der Waals surface area contributed by atoms with E-state index in [4.69, 9.17) is 9.47 Å². The van der Waals surface area contributed by atoms with Crippen LogP contribution in [0.5, 0.6) is 11.5 Å². The summed E-state index contributed by atoms with van der Waals surface area (Å²) in [6.07, 6.45) is 2.88. The van der Waals surface area contributed by atoms with Gasteiger partial charge in [0.15, 0.2) is 0 Å². The van der Waals surface area contributed by atoms with Crippen LogP contribution in [0.4, 0.5) is 11.5 Å². The zero-order valence-electron chi connectivity index (χ0n) is 12.0. The highest BCUT2D eigenvalue weighted by molar-refractivity contribution is 6.03. The molecule has 0 fully saturated rings. The van der Waals surface area contributed by atoms with E-state index in [2.05, 4.69) is 20.6 Å². The fourth-order valence-corrected chi connectivity index (χ4v) is 1.67. The van der Waals surface area contributed by atoms with Gasteiger partial charge in [-0.25, -0.2) is 9.97 Å². The minimum atomic E-state index is -0.378. The van der Waals surface area contributed by atoms with Crippen molar-refractivity contribution < 1.29 is 14.3 Å². The number of amides is 1. The number of ether oxygens (including phenoxy) is 2. The Kier molecular flexibility index (Phi) is 4.55. The Morgan fingerprint density at radius 3 is 2.52 bits per heavy atom. The second-order valence-corrected chi connectivity index (χ2v) is 4.06. The highest BCUT2D eigenvalue weighted by atomic mass is 16.5. The summed E-state index contributed by atoms with van der Waals surface area (Å²) >= 11 is 0. The van der Waals surface area contributed by atoms with E-state index in [0.717, 1.165) is 0 Å². The molecule has 1 aromatic heterocycles. The normalized spacial score (nSPS) is 9.86. The molecule has 0 aliphatic rings. The number of anilines is 2. The third kappa shape index (κ3) is 3.38. The Morgan fingerprint density at radius 1 is 1.14 bits per heavy atom. The molecule has 0 unspecified atom stereocenters. The standard InChI is InChI=1S/C14H16N4O3/c1-15-13-8-16-11(7-17-13)14(19)18-10-6-9(20-2)4-5-12(10)21-3/h4-8H,1-3H3,(H,15,17)(H,18,19). The summed E-state index contributed by atoms with van der Waals surface area (Å²) in [4.78, 5) is 20.2. The highest BCUT2D eigenvalue weighted by Crippen LogP contribution is 2.29. The molecule has 2 aromatic rings. The van der Waals surface area contributed by atoms with Gasteiger partial charge in [-0.15, -0.1) is 0 Å². The van der Waals surface area contributed by atoms with Crippen LogP contribution in [0.15, 0.2) is 30.6 Å². The van der Waals surface area contributed by atoms with Crippen molar-refractivity contribution in [2.24, 2.45) is 0 Å². The fraction of sp³-hybridized carbons (Fsp3) is 0.214. The van der Waals surface area contributed by atoms with Crippen LogP contribution in [0.2, 0.25) is 0 Å². The molecule has 2 N–H and O–H groups in total. The van der Waals surface area contributed by atoms with Gasteiger partial charge in [-0.2, -0.15) is 0 Å². The van der Waals surface area contributed by atoms with Crippen LogP contribution in [0.1, 0.15) is 10.5 Å². The van der Waals surface area contributed by atoms with E-state index in [1.54, 1.807) is 32.4 Å². The number of carbonyl (C=O) groups excluding carboxylic acids is 1. The molecule has 0 radical (unpaired) electrons. The van der Waals surface area contributed by atoms with Crippen LogP contribution in [0, 0.1) is 0 Å². The van der Waals surface area contributed by atoms with Gasteiger partial charge >= 0.3 is 0 Å². The summed E-state index contributed by atoms with van der Waals surface area (Å²) in [6, 6.07) is 5.13.